The number of benzene rings is 1. The molecule has 1 aromatic carbocycles. The minimum Gasteiger partial charge on any atom is -0.338 e. The molecule has 1 aliphatic carbocycles. The molecule has 23 heavy (non-hydrogen) atoms. The van der Waals surface area contributed by atoms with Crippen LogP contribution < -0.4 is 0 Å². The maximum atomic E-state index is 13.7. The first-order chi connectivity index (χ1) is 11.1. The molecule has 3 nitrogen and oxygen atoms in total. The zero-order valence-corrected chi connectivity index (χ0v) is 14.0. The Bertz CT molecular complexity index is 633. The molecular formula is C18H22ClFN2O. The van der Waals surface area contributed by atoms with Crippen LogP contribution in [-0.4, -0.2) is 40.4 Å². The summed E-state index contributed by atoms with van der Waals surface area (Å²) in [7, 11) is 0. The van der Waals surface area contributed by atoms with Crippen LogP contribution in [0.25, 0.3) is 0 Å². The van der Waals surface area contributed by atoms with Gasteiger partial charge in [0.25, 0.3) is 0 Å². The highest BCUT2D eigenvalue weighted by molar-refractivity contribution is 6.30. The fraction of sp³-hybridized carbons (Fsp3) is 0.611. The summed E-state index contributed by atoms with van der Waals surface area (Å²) in [4.78, 5) is 17.5. The lowest BCUT2D eigenvalue weighted by atomic mass is 9.85. The summed E-state index contributed by atoms with van der Waals surface area (Å²) >= 11 is 5.77. The lowest BCUT2D eigenvalue weighted by Crippen LogP contribution is -2.60. The fourth-order valence-corrected chi connectivity index (χ4v) is 4.42. The van der Waals surface area contributed by atoms with Crippen LogP contribution >= 0.6 is 11.6 Å². The first-order valence-corrected chi connectivity index (χ1v) is 8.98. The summed E-state index contributed by atoms with van der Waals surface area (Å²) in [5.41, 5.74) is 0.543. The average Bonchev–Trinajstić information content (AvgIpc) is 3.30. The van der Waals surface area contributed by atoms with E-state index in [0.29, 0.717) is 18.5 Å². The van der Waals surface area contributed by atoms with Gasteiger partial charge in [0.1, 0.15) is 11.4 Å². The summed E-state index contributed by atoms with van der Waals surface area (Å²) in [6.45, 7) is 2.45. The lowest BCUT2D eigenvalue weighted by Gasteiger charge is -2.45. The van der Waals surface area contributed by atoms with Gasteiger partial charge in [-0.2, -0.15) is 0 Å². The number of hydrogen-bond acceptors (Lipinski definition) is 2. The van der Waals surface area contributed by atoms with Crippen molar-refractivity contribution in [2.24, 2.45) is 0 Å². The third kappa shape index (κ3) is 2.66. The molecule has 1 unspecified atom stereocenters. The Morgan fingerprint density at radius 1 is 1.22 bits per heavy atom. The average molecular weight is 337 g/mol. The molecule has 4 rings (SSSR count). The van der Waals surface area contributed by atoms with Gasteiger partial charge >= 0.3 is 0 Å². The van der Waals surface area contributed by atoms with Crippen molar-refractivity contribution >= 4 is 17.5 Å². The van der Waals surface area contributed by atoms with Crippen molar-refractivity contribution in [3.63, 3.8) is 0 Å². The summed E-state index contributed by atoms with van der Waals surface area (Å²) in [6.07, 6.45) is 6.30. The molecule has 3 fully saturated rings. The van der Waals surface area contributed by atoms with Crippen LogP contribution in [0.4, 0.5) is 4.39 Å². The number of likely N-dealkylation sites (tertiary alicyclic amines) is 2. The Kier molecular flexibility index (Phi) is 3.85. The van der Waals surface area contributed by atoms with E-state index in [1.54, 1.807) is 6.07 Å². The molecule has 0 radical (unpaired) electrons. The second-order valence-electron chi connectivity index (χ2n) is 7.14. The van der Waals surface area contributed by atoms with Gasteiger partial charge in [-0.1, -0.05) is 17.7 Å². The molecule has 0 N–H and O–H groups in total. The molecule has 3 aliphatic rings. The largest absolute Gasteiger partial charge is 0.338 e. The molecule has 2 heterocycles. The molecular weight excluding hydrogens is 315 g/mol. The van der Waals surface area contributed by atoms with Crippen molar-refractivity contribution < 1.29 is 9.18 Å². The number of rotatable bonds is 3. The summed E-state index contributed by atoms with van der Waals surface area (Å²) < 4.78 is 13.7. The van der Waals surface area contributed by atoms with E-state index in [1.165, 1.54) is 6.07 Å². The van der Waals surface area contributed by atoms with Crippen LogP contribution in [-0.2, 0) is 11.3 Å². The van der Waals surface area contributed by atoms with E-state index in [4.69, 9.17) is 11.6 Å². The number of hydrogen-bond donors (Lipinski definition) is 0. The second kappa shape index (κ2) is 5.75. The van der Waals surface area contributed by atoms with Gasteiger partial charge in [-0.25, -0.2) is 4.39 Å². The highest BCUT2D eigenvalue weighted by atomic mass is 35.5. The van der Waals surface area contributed by atoms with Crippen LogP contribution in [0.15, 0.2) is 18.2 Å². The van der Waals surface area contributed by atoms with Gasteiger partial charge in [0, 0.05) is 19.1 Å². The van der Waals surface area contributed by atoms with E-state index in [2.05, 4.69) is 9.80 Å². The first kappa shape index (κ1) is 15.4. The molecule has 5 heteroatoms. The lowest BCUT2D eigenvalue weighted by molar-refractivity contribution is -0.148. The minimum absolute atomic E-state index is 0.151. The predicted molar refractivity (Wildman–Crippen MR) is 87.8 cm³/mol. The normalized spacial score (nSPS) is 28.8. The standard InChI is InChI=1S/C18H22ClFN2O/c19-15-6-3-13(11-16(15)20)12-21-9-1-7-18(21)8-2-10-22(17(18)23)14-4-5-14/h3,6,11,14H,1-2,4-5,7-10,12H2. The molecule has 2 saturated heterocycles. The van der Waals surface area contributed by atoms with Crippen molar-refractivity contribution in [2.45, 2.75) is 56.7 Å². The van der Waals surface area contributed by atoms with E-state index in [0.717, 1.165) is 57.2 Å². The van der Waals surface area contributed by atoms with Crippen LogP contribution in [0, 0.1) is 5.82 Å². The molecule has 1 saturated carbocycles. The number of piperidine rings is 1. The SMILES string of the molecule is O=C1N(C2CC2)CCCC12CCCN2Cc1ccc(Cl)c(F)c1. The zero-order chi connectivity index (χ0) is 16.0. The number of nitrogens with zero attached hydrogens (tertiary/aromatic N) is 2. The van der Waals surface area contributed by atoms with Crippen molar-refractivity contribution in [3.05, 3.63) is 34.6 Å². The van der Waals surface area contributed by atoms with E-state index < -0.39 is 0 Å². The maximum Gasteiger partial charge on any atom is 0.243 e. The molecule has 0 aromatic heterocycles. The summed E-state index contributed by atoms with van der Waals surface area (Å²) in [5.74, 6) is -0.0647. The number of halogens is 2. The van der Waals surface area contributed by atoms with Gasteiger partial charge in [0.2, 0.25) is 5.91 Å². The van der Waals surface area contributed by atoms with Crippen molar-refractivity contribution in [3.8, 4) is 0 Å². The van der Waals surface area contributed by atoms with Gasteiger partial charge in [-0.15, -0.1) is 0 Å². The van der Waals surface area contributed by atoms with Crippen LogP contribution in [0.5, 0.6) is 0 Å². The maximum absolute atomic E-state index is 13.7. The highest BCUT2D eigenvalue weighted by Crippen LogP contribution is 2.42. The van der Waals surface area contributed by atoms with Gasteiger partial charge in [0.15, 0.2) is 0 Å². The van der Waals surface area contributed by atoms with Gasteiger partial charge in [-0.05, 0) is 62.8 Å². The third-order valence-corrected chi connectivity index (χ3v) is 5.92. The fourth-order valence-electron chi connectivity index (χ4n) is 4.30. The number of carbonyl (C=O) groups excluding carboxylic acids is 1. The van der Waals surface area contributed by atoms with E-state index in [1.807, 2.05) is 6.07 Å². The Morgan fingerprint density at radius 3 is 2.65 bits per heavy atom. The molecule has 2 aliphatic heterocycles. The topological polar surface area (TPSA) is 23.6 Å². The number of carbonyl (C=O) groups is 1. The number of amides is 1. The molecule has 1 amide bonds. The summed E-state index contributed by atoms with van der Waals surface area (Å²) in [6, 6.07) is 5.45. The quantitative estimate of drug-likeness (QED) is 0.842. The van der Waals surface area contributed by atoms with Gasteiger partial charge in [0.05, 0.1) is 5.02 Å². The van der Waals surface area contributed by atoms with E-state index in [-0.39, 0.29) is 16.4 Å². The van der Waals surface area contributed by atoms with Crippen LogP contribution in [0.2, 0.25) is 5.02 Å². The molecule has 1 atom stereocenters. The molecule has 1 spiro atoms. The minimum atomic E-state index is -0.382. The van der Waals surface area contributed by atoms with E-state index in [9.17, 15) is 9.18 Å². The van der Waals surface area contributed by atoms with Crippen molar-refractivity contribution in [2.75, 3.05) is 13.1 Å². The monoisotopic (exact) mass is 336 g/mol. The van der Waals surface area contributed by atoms with Crippen LogP contribution in [0.1, 0.15) is 44.1 Å². The summed E-state index contributed by atoms with van der Waals surface area (Å²) in [5, 5.41) is 0.151. The molecule has 0 bridgehead atoms. The van der Waals surface area contributed by atoms with Crippen molar-refractivity contribution in [1.29, 1.82) is 0 Å². The Labute approximate surface area is 141 Å². The third-order valence-electron chi connectivity index (χ3n) is 5.62. The first-order valence-electron chi connectivity index (χ1n) is 8.60. The second-order valence-corrected chi connectivity index (χ2v) is 7.55. The predicted octanol–water partition coefficient (Wildman–Crippen LogP) is 3.60. The van der Waals surface area contributed by atoms with Crippen molar-refractivity contribution in [1.82, 2.24) is 9.80 Å². The molecule has 1 aromatic rings. The zero-order valence-electron chi connectivity index (χ0n) is 13.2. The smallest absolute Gasteiger partial charge is 0.243 e. The molecule has 124 valence electrons. The Morgan fingerprint density at radius 2 is 1.96 bits per heavy atom. The highest BCUT2D eigenvalue weighted by Gasteiger charge is 2.52. The Hall–Kier alpha value is -1.13. The van der Waals surface area contributed by atoms with Crippen LogP contribution in [0.3, 0.4) is 0 Å². The Balaban J connectivity index is 1.57. The van der Waals surface area contributed by atoms with Gasteiger partial charge < -0.3 is 4.90 Å². The van der Waals surface area contributed by atoms with Gasteiger partial charge in [-0.3, -0.25) is 9.69 Å². The van der Waals surface area contributed by atoms with E-state index >= 15 is 0 Å².